The van der Waals surface area contributed by atoms with Gasteiger partial charge in [0.1, 0.15) is 0 Å². The summed E-state index contributed by atoms with van der Waals surface area (Å²) in [5.41, 5.74) is 7.66. The molecule has 0 aliphatic carbocycles. The summed E-state index contributed by atoms with van der Waals surface area (Å²) >= 11 is 5.24. The van der Waals surface area contributed by atoms with Gasteiger partial charge in [0.15, 0.2) is 0 Å². The predicted octanol–water partition coefficient (Wildman–Crippen LogP) is 5.47. The van der Waals surface area contributed by atoms with E-state index in [4.69, 9.17) is 12.6 Å². The zero-order valence-corrected chi connectivity index (χ0v) is 24.8. The maximum absolute atomic E-state index is 5.24. The van der Waals surface area contributed by atoms with Gasteiger partial charge in [-0.25, -0.2) is 0 Å². The van der Waals surface area contributed by atoms with E-state index in [0.717, 1.165) is 0 Å². The van der Waals surface area contributed by atoms with Gasteiger partial charge >= 0.3 is 29.6 Å². The van der Waals surface area contributed by atoms with Crippen LogP contribution in [0, 0.1) is 0 Å². The molecule has 0 bridgehead atoms. The Labute approximate surface area is 204 Å². The second-order valence-electron chi connectivity index (χ2n) is 13.5. The minimum atomic E-state index is 0. The molecule has 0 fully saturated rings. The van der Waals surface area contributed by atoms with Crippen LogP contribution >= 0.6 is 12.6 Å². The van der Waals surface area contributed by atoms with E-state index in [1.807, 2.05) is 0 Å². The van der Waals surface area contributed by atoms with Crippen LogP contribution in [0.4, 0.5) is 0 Å². The smallest absolute Gasteiger partial charge is 0.143 e. The fourth-order valence-corrected chi connectivity index (χ4v) is 5.34. The SMILES string of the molecule is CC(C)(C)c1c(S)c(C(C)(C)C)c(C(C)(C)C)c(C(C)(C)C)c1C(C)(C)C.[Na+]. The molecule has 0 N–H and O–H groups in total. The Morgan fingerprint density at radius 1 is 0.357 bits per heavy atom. The molecule has 0 unspecified atom stereocenters. The monoisotopic (exact) mass is 413 g/mol. The molecule has 1 aromatic rings. The van der Waals surface area contributed by atoms with Crippen molar-refractivity contribution in [3.63, 3.8) is 0 Å². The zero-order valence-electron chi connectivity index (χ0n) is 21.9. The van der Waals surface area contributed by atoms with Crippen molar-refractivity contribution in [2.24, 2.45) is 0 Å². The summed E-state index contributed by atoms with van der Waals surface area (Å²) in [6, 6.07) is 0. The van der Waals surface area contributed by atoms with Crippen LogP contribution in [0.15, 0.2) is 4.90 Å². The number of hydrogen-bond donors (Lipinski definition) is 1. The van der Waals surface area contributed by atoms with Gasteiger partial charge < -0.3 is 0 Å². The molecule has 0 nitrogen and oxygen atoms in total. The van der Waals surface area contributed by atoms with Crippen molar-refractivity contribution in [3.8, 4) is 0 Å². The molecule has 0 aliphatic heterocycles. The topological polar surface area (TPSA) is 0 Å². The van der Waals surface area contributed by atoms with E-state index in [2.05, 4.69) is 104 Å². The number of rotatable bonds is 0. The molecule has 0 saturated heterocycles. The van der Waals surface area contributed by atoms with Crippen molar-refractivity contribution < 1.29 is 29.6 Å². The van der Waals surface area contributed by atoms with Crippen molar-refractivity contribution in [2.45, 2.75) is 136 Å². The van der Waals surface area contributed by atoms with Crippen LogP contribution in [0.3, 0.4) is 0 Å². The summed E-state index contributed by atoms with van der Waals surface area (Å²) in [4.78, 5) is 1.21. The number of thiol groups is 1. The maximum Gasteiger partial charge on any atom is 1.00 e. The van der Waals surface area contributed by atoms with Crippen molar-refractivity contribution >= 4 is 12.6 Å². The Hall–Kier alpha value is 0.570. The number of hydrogen-bond acceptors (Lipinski definition) is 1. The molecule has 0 aromatic heterocycles. The van der Waals surface area contributed by atoms with Crippen LogP contribution in [0.25, 0.3) is 0 Å². The second-order valence-corrected chi connectivity index (χ2v) is 13.9. The van der Waals surface area contributed by atoms with Crippen molar-refractivity contribution in [2.75, 3.05) is 0 Å². The van der Waals surface area contributed by atoms with Gasteiger partial charge in [-0.05, 0) is 54.9 Å². The summed E-state index contributed by atoms with van der Waals surface area (Å²) in [6.45, 7) is 35.4. The Morgan fingerprint density at radius 2 is 0.500 bits per heavy atom. The van der Waals surface area contributed by atoms with Crippen molar-refractivity contribution in [3.05, 3.63) is 27.8 Å². The fourth-order valence-electron chi connectivity index (χ4n) is 4.45. The Kier molecular flexibility index (Phi) is 8.42. The molecule has 0 atom stereocenters. The first-order valence-electron chi connectivity index (χ1n) is 10.5. The second kappa shape index (κ2) is 8.25. The van der Waals surface area contributed by atoms with E-state index in [0.29, 0.717) is 0 Å². The first-order valence-corrected chi connectivity index (χ1v) is 10.9. The third kappa shape index (κ3) is 5.83. The van der Waals surface area contributed by atoms with Gasteiger partial charge in [-0.3, -0.25) is 0 Å². The van der Waals surface area contributed by atoms with Crippen LogP contribution in [0.2, 0.25) is 0 Å². The summed E-state index contributed by atoms with van der Waals surface area (Å²) in [7, 11) is 0. The average molecular weight is 414 g/mol. The molecule has 0 saturated carbocycles. The van der Waals surface area contributed by atoms with E-state index in [1.165, 1.54) is 32.7 Å². The molecule has 2 heteroatoms. The van der Waals surface area contributed by atoms with E-state index in [9.17, 15) is 0 Å². The molecule has 156 valence electrons. The van der Waals surface area contributed by atoms with Gasteiger partial charge in [0.2, 0.25) is 0 Å². The molecule has 0 radical (unpaired) electrons. The van der Waals surface area contributed by atoms with Crippen LogP contribution < -0.4 is 29.6 Å². The summed E-state index contributed by atoms with van der Waals surface area (Å²) in [5.74, 6) is 0. The zero-order chi connectivity index (χ0) is 22.0. The van der Waals surface area contributed by atoms with Crippen LogP contribution in [-0.4, -0.2) is 0 Å². The van der Waals surface area contributed by atoms with E-state index >= 15 is 0 Å². The standard InChI is InChI=1S/C26H46S.Na/c1-22(2,3)16-17(23(4,5)6)19(25(10,11)12)21(27)20(26(13,14)15)18(16)24(7,8)9;/h27H,1-15H3;/q;+1. The minimum absolute atomic E-state index is 0. The van der Waals surface area contributed by atoms with Crippen LogP contribution in [-0.2, 0) is 27.1 Å². The summed E-state index contributed by atoms with van der Waals surface area (Å²) in [5, 5.41) is 0. The largest absolute Gasteiger partial charge is 1.00 e. The first-order chi connectivity index (χ1) is 11.5. The van der Waals surface area contributed by atoms with E-state index in [-0.39, 0.29) is 56.6 Å². The molecule has 1 rings (SSSR count). The molecular weight excluding hydrogens is 367 g/mol. The maximum atomic E-state index is 5.24. The molecular formula is C26H46NaS+. The van der Waals surface area contributed by atoms with Crippen molar-refractivity contribution in [1.29, 1.82) is 0 Å². The molecule has 1 aromatic carbocycles. The summed E-state index contributed by atoms with van der Waals surface area (Å²) in [6.07, 6.45) is 0. The molecule has 0 aliphatic rings. The third-order valence-corrected chi connectivity index (χ3v) is 5.67. The minimum Gasteiger partial charge on any atom is -0.143 e. The van der Waals surface area contributed by atoms with Gasteiger partial charge in [0.05, 0.1) is 0 Å². The van der Waals surface area contributed by atoms with Gasteiger partial charge in [0.25, 0.3) is 0 Å². The fraction of sp³-hybridized carbons (Fsp3) is 0.769. The normalized spacial score (nSPS) is 14.1. The molecule has 28 heavy (non-hydrogen) atoms. The predicted molar refractivity (Wildman–Crippen MR) is 127 cm³/mol. The van der Waals surface area contributed by atoms with E-state index < -0.39 is 0 Å². The van der Waals surface area contributed by atoms with E-state index in [1.54, 1.807) is 0 Å². The Morgan fingerprint density at radius 3 is 0.643 bits per heavy atom. The molecule has 0 spiro atoms. The third-order valence-electron chi connectivity index (χ3n) is 5.22. The van der Waals surface area contributed by atoms with Gasteiger partial charge in [0, 0.05) is 4.90 Å². The first kappa shape index (κ1) is 28.6. The van der Waals surface area contributed by atoms with Gasteiger partial charge in [-0.15, -0.1) is 12.6 Å². The van der Waals surface area contributed by atoms with Gasteiger partial charge in [-0.2, -0.15) is 0 Å². The van der Waals surface area contributed by atoms with Crippen LogP contribution in [0.1, 0.15) is 132 Å². The van der Waals surface area contributed by atoms with Crippen molar-refractivity contribution in [1.82, 2.24) is 0 Å². The number of benzene rings is 1. The van der Waals surface area contributed by atoms with Gasteiger partial charge in [-0.1, -0.05) is 104 Å². The average Bonchev–Trinajstić information content (AvgIpc) is 2.29. The van der Waals surface area contributed by atoms with Crippen LogP contribution in [0.5, 0.6) is 0 Å². The Balaban J connectivity index is 0.00000729. The quantitative estimate of drug-likeness (QED) is 0.423. The molecule has 0 heterocycles. The molecule has 0 amide bonds. The Bertz CT molecular complexity index is 653. The summed E-state index contributed by atoms with van der Waals surface area (Å²) < 4.78 is 0.